The Kier molecular flexibility index (Phi) is 16.7. The molecule has 3 nitrogen and oxygen atoms in total. The molecule has 0 radical (unpaired) electrons. The van der Waals surface area contributed by atoms with Gasteiger partial charge in [-0.2, -0.15) is 0 Å². The molecule has 0 heterocycles. The molecule has 3 spiro atoms. The smallest absolute Gasteiger partial charge is 0.0731 e. The van der Waals surface area contributed by atoms with Gasteiger partial charge in [0.05, 0.1) is 16.2 Å². The van der Waals surface area contributed by atoms with Gasteiger partial charge in [-0.1, -0.05) is 364 Å². The van der Waals surface area contributed by atoms with E-state index in [2.05, 4.69) is 506 Å². The Morgan fingerprint density at radius 1 is 0.135 bits per heavy atom. The maximum Gasteiger partial charge on any atom is 0.0731 e. The fourth-order valence-electron chi connectivity index (χ4n) is 22.6. The van der Waals surface area contributed by atoms with Gasteiger partial charge in [-0.3, -0.25) is 0 Å². The maximum atomic E-state index is 2.60. The summed E-state index contributed by atoms with van der Waals surface area (Å²) in [5, 5.41) is 0. The Labute approximate surface area is 735 Å². The third kappa shape index (κ3) is 10.8. The maximum absolute atomic E-state index is 2.60. The highest BCUT2D eigenvalue weighted by atomic mass is 15.2. The van der Waals surface area contributed by atoms with Crippen molar-refractivity contribution in [3.63, 3.8) is 0 Å². The fraction of sp³-hybridized carbons (Fsp3) is 0.0244. The van der Waals surface area contributed by atoms with E-state index in [0.29, 0.717) is 0 Å². The monoisotopic (exact) mass is 1600 g/mol. The highest BCUT2D eigenvalue weighted by Gasteiger charge is 2.65. The van der Waals surface area contributed by atoms with Crippen LogP contribution in [0.5, 0.6) is 0 Å². The molecule has 0 aliphatic heterocycles. The number of rotatable bonds is 15. The molecule has 126 heavy (non-hydrogen) atoms. The van der Waals surface area contributed by atoms with E-state index in [1.54, 1.807) is 0 Å². The largest absolute Gasteiger partial charge is 0.311 e. The van der Waals surface area contributed by atoms with Gasteiger partial charge in [-0.25, -0.2) is 0 Å². The van der Waals surface area contributed by atoms with Crippen LogP contribution in [0.25, 0.3) is 103 Å². The Bertz CT molecular complexity index is 6660. The summed E-state index contributed by atoms with van der Waals surface area (Å²) in [5.41, 5.74) is 45.1. The van der Waals surface area contributed by atoms with Crippen LogP contribution in [-0.4, -0.2) is 0 Å². The van der Waals surface area contributed by atoms with Crippen LogP contribution in [0, 0.1) is 0 Å². The zero-order valence-corrected chi connectivity index (χ0v) is 69.1. The summed E-state index contributed by atoms with van der Waals surface area (Å²) in [6.07, 6.45) is 14.0. The lowest BCUT2D eigenvalue weighted by Crippen LogP contribution is -2.31. The van der Waals surface area contributed by atoms with Gasteiger partial charge in [0.1, 0.15) is 0 Å². The molecule has 0 saturated carbocycles. The minimum atomic E-state index is -0.848. The van der Waals surface area contributed by atoms with E-state index in [1.165, 1.54) is 134 Å². The van der Waals surface area contributed by atoms with E-state index in [-0.39, 0.29) is 0 Å². The topological polar surface area (TPSA) is 9.72 Å². The predicted molar refractivity (Wildman–Crippen MR) is 525 cm³/mol. The number of anilines is 9. The van der Waals surface area contributed by atoms with Crippen molar-refractivity contribution in [2.24, 2.45) is 0 Å². The molecule has 0 saturated heterocycles. The van der Waals surface area contributed by atoms with E-state index in [4.69, 9.17) is 0 Å². The van der Waals surface area contributed by atoms with Crippen molar-refractivity contribution in [1.82, 2.24) is 0 Å². The van der Waals surface area contributed by atoms with Gasteiger partial charge >= 0.3 is 0 Å². The normalized spacial score (nSPS) is 13.8. The van der Waals surface area contributed by atoms with E-state index in [9.17, 15) is 0 Å². The molecular weight excluding hydrogens is 1520 g/mol. The van der Waals surface area contributed by atoms with Crippen LogP contribution >= 0.6 is 0 Å². The second-order valence-electron chi connectivity index (χ2n) is 34.0. The number of benzene rings is 19. The average molecular weight is 1600 g/mol. The summed E-state index contributed by atoms with van der Waals surface area (Å²) in [4.78, 5) is 7.00. The second kappa shape index (κ2) is 29.0. The lowest BCUT2D eigenvalue weighted by atomic mass is 9.63. The molecule has 0 fully saturated rings. The molecule has 19 aromatic rings. The summed E-state index contributed by atoms with van der Waals surface area (Å²) < 4.78 is 0. The predicted octanol–water partition coefficient (Wildman–Crippen LogP) is 31.6. The number of fused-ring (bicyclic) bond motifs is 33. The van der Waals surface area contributed by atoms with E-state index in [1.807, 2.05) is 0 Å². The summed E-state index contributed by atoms with van der Waals surface area (Å²) in [7, 11) is 0. The minimum Gasteiger partial charge on any atom is -0.311 e. The zero-order chi connectivity index (χ0) is 83.0. The zero-order valence-electron chi connectivity index (χ0n) is 69.1. The van der Waals surface area contributed by atoms with E-state index >= 15 is 0 Å². The van der Waals surface area contributed by atoms with Crippen molar-refractivity contribution in [2.45, 2.75) is 16.2 Å². The second-order valence-corrected chi connectivity index (χ2v) is 34.0. The summed E-state index contributed by atoms with van der Waals surface area (Å²) in [6, 6.07) is 171. The van der Waals surface area contributed by atoms with Crippen molar-refractivity contribution < 1.29 is 0 Å². The van der Waals surface area contributed by atoms with Crippen LogP contribution in [0.3, 0.4) is 0 Å². The fourth-order valence-corrected chi connectivity index (χ4v) is 22.6. The standard InChI is InChI=1S/C123H81N3/c1-7-31-88(32-8-1)124(89-33-9-2-10-34-89)94-70-61-82(62-71-94)55-58-85-67-76-103-112(79-85)121(106-49-25-19-43-97(106)98-44-20-26-50-107(98)121)118-115(103)119-117(105-78-69-87(81-114(105)122(119)108-51-27-21-45-99(108)100-46-22-28-52-109(100)122)60-57-84-65-74-96(75-66-84)126(92-39-15-5-16-40-92)93-41-17-6-18-42-93)120-116(118)104-77-68-86(80-113(104)123(120)110-53-29-23-47-101(110)102-48-24-30-54-111(102)123)59-56-83-63-72-95(73-64-83)125(90-35-11-3-12-36-90)91-37-13-4-14-38-91/h1-81H. The lowest BCUT2D eigenvalue weighted by Gasteiger charge is -2.37. The molecule has 19 aromatic carbocycles. The van der Waals surface area contributed by atoms with Gasteiger partial charge in [0, 0.05) is 51.2 Å². The van der Waals surface area contributed by atoms with Gasteiger partial charge in [0.2, 0.25) is 0 Å². The van der Waals surface area contributed by atoms with Crippen molar-refractivity contribution in [1.29, 1.82) is 0 Å². The summed E-state index contributed by atoms with van der Waals surface area (Å²) in [5.74, 6) is 0. The van der Waals surface area contributed by atoms with Crippen molar-refractivity contribution >= 4 is 87.6 Å². The van der Waals surface area contributed by atoms with Crippen LogP contribution < -0.4 is 14.7 Å². The molecule has 0 bridgehead atoms. The van der Waals surface area contributed by atoms with Crippen LogP contribution in [0.4, 0.5) is 51.2 Å². The molecule has 0 amide bonds. The van der Waals surface area contributed by atoms with E-state index in [0.717, 1.165) is 84.6 Å². The highest BCUT2D eigenvalue weighted by Crippen LogP contribution is 2.77. The molecule has 3 heteroatoms. The Morgan fingerprint density at radius 2 is 0.302 bits per heavy atom. The molecule has 6 aliphatic rings. The Morgan fingerprint density at radius 3 is 0.508 bits per heavy atom. The molecule has 6 aliphatic carbocycles. The molecule has 0 aromatic heterocycles. The molecule has 588 valence electrons. The molecule has 0 unspecified atom stereocenters. The molecule has 0 N–H and O–H groups in total. The first-order valence-corrected chi connectivity index (χ1v) is 43.9. The third-order valence-electron chi connectivity index (χ3n) is 27.6. The lowest BCUT2D eigenvalue weighted by molar-refractivity contribution is 0.764. The van der Waals surface area contributed by atoms with Crippen molar-refractivity contribution in [2.75, 3.05) is 14.7 Å². The molecule has 25 rings (SSSR count). The van der Waals surface area contributed by atoms with Crippen LogP contribution in [0.15, 0.2) is 455 Å². The first kappa shape index (κ1) is 72.6. The molecular formula is C123H81N3. The van der Waals surface area contributed by atoms with Crippen molar-refractivity contribution in [3.05, 3.63) is 555 Å². The number of hydrogen-bond acceptors (Lipinski definition) is 3. The highest BCUT2D eigenvalue weighted by molar-refractivity contribution is 6.14. The van der Waals surface area contributed by atoms with Crippen LogP contribution in [0.1, 0.15) is 100 Å². The molecule has 0 atom stereocenters. The van der Waals surface area contributed by atoms with Gasteiger partial charge in [-0.15, -0.1) is 0 Å². The van der Waals surface area contributed by atoms with E-state index < -0.39 is 16.2 Å². The third-order valence-corrected chi connectivity index (χ3v) is 27.6. The van der Waals surface area contributed by atoms with Gasteiger partial charge < -0.3 is 14.7 Å². The quantitative estimate of drug-likeness (QED) is 0.0947. The summed E-state index contributed by atoms with van der Waals surface area (Å²) in [6.45, 7) is 0. The average Bonchev–Trinajstić information content (AvgIpc) is 1.45. The minimum absolute atomic E-state index is 0.848. The first-order valence-electron chi connectivity index (χ1n) is 43.9. The first-order chi connectivity index (χ1) is 62.5. The number of hydrogen-bond donors (Lipinski definition) is 0. The van der Waals surface area contributed by atoms with Gasteiger partial charge in [0.15, 0.2) is 0 Å². The Balaban J connectivity index is 0.746. The van der Waals surface area contributed by atoms with Crippen LogP contribution in [0.2, 0.25) is 0 Å². The van der Waals surface area contributed by atoms with Gasteiger partial charge in [0.25, 0.3) is 0 Å². The summed E-state index contributed by atoms with van der Waals surface area (Å²) >= 11 is 0. The van der Waals surface area contributed by atoms with Gasteiger partial charge in [-0.05, 0) is 294 Å². The SMILES string of the molecule is C(=Cc1ccc2c(c1)C1(c3ccccc3-c3ccccc31)c1c-2c2c(c3c1-c1ccc(C=Cc4ccc(N(c5ccccc5)c5ccccc5)cc4)cc1C31c3ccccc3-c3ccccc31)-c1ccc(C=Cc3ccc(N(c4ccccc4)c4ccccc4)cc3)cc1C21c2ccccc2-c2ccccc21)c1ccc(N(c2ccccc2)c2ccccc2)cc1. The number of nitrogens with zero attached hydrogens (tertiary/aromatic N) is 3. The van der Waals surface area contributed by atoms with Crippen LogP contribution in [-0.2, 0) is 16.2 Å². The number of para-hydroxylation sites is 6. The van der Waals surface area contributed by atoms with Crippen molar-refractivity contribution in [3.8, 4) is 66.8 Å². The Hall–Kier alpha value is -16.2.